The third-order valence-corrected chi connectivity index (χ3v) is 4.80. The zero-order chi connectivity index (χ0) is 19.5. The number of rotatable bonds is 5. The maximum Gasteiger partial charge on any atom is 0.258 e. The molecule has 1 unspecified atom stereocenters. The fraction of sp³-hybridized carbons (Fsp3) is 0.368. The number of piperidine rings is 1. The highest BCUT2D eigenvalue weighted by Gasteiger charge is 2.28. The van der Waals surface area contributed by atoms with Crippen LogP contribution in [0.15, 0.2) is 39.6 Å². The zero-order valence-corrected chi connectivity index (χ0v) is 15.4. The second-order valence-corrected chi connectivity index (χ2v) is 6.69. The van der Waals surface area contributed by atoms with Crippen LogP contribution < -0.4 is 10.2 Å². The second-order valence-electron chi connectivity index (χ2n) is 6.69. The van der Waals surface area contributed by atoms with Crippen LogP contribution in [0.4, 0.5) is 15.9 Å². The third-order valence-electron chi connectivity index (χ3n) is 4.80. The topological polar surface area (TPSA) is 97.3 Å². The van der Waals surface area contributed by atoms with Crippen LogP contribution in [0.2, 0.25) is 0 Å². The summed E-state index contributed by atoms with van der Waals surface area (Å²) in [5.41, 5.74) is 0.990. The van der Waals surface area contributed by atoms with Gasteiger partial charge in [-0.25, -0.2) is 4.39 Å². The molecule has 1 atom stereocenters. The van der Waals surface area contributed by atoms with Crippen molar-refractivity contribution in [3.8, 4) is 11.5 Å². The molecule has 1 aliphatic rings. The molecule has 0 radical (unpaired) electrons. The van der Waals surface area contributed by atoms with Crippen molar-refractivity contribution in [1.82, 2.24) is 15.3 Å². The molecule has 0 aliphatic carbocycles. The Hall–Kier alpha value is -3.23. The molecule has 1 aliphatic heterocycles. The second kappa shape index (κ2) is 7.79. The Labute approximate surface area is 160 Å². The Morgan fingerprint density at radius 3 is 2.96 bits per heavy atom. The number of aromatic nitrogens is 3. The SMILES string of the molecule is CCc1noc(-c2ccc(N3CCCC(C(=O)Nc4ccon4)C3)c(F)c2)n1. The van der Waals surface area contributed by atoms with Crippen LogP contribution in [-0.4, -0.2) is 34.3 Å². The van der Waals surface area contributed by atoms with Crippen molar-refractivity contribution in [2.75, 3.05) is 23.3 Å². The van der Waals surface area contributed by atoms with E-state index in [-0.39, 0.29) is 17.6 Å². The van der Waals surface area contributed by atoms with E-state index in [2.05, 4.69) is 20.6 Å². The molecule has 1 saturated heterocycles. The maximum absolute atomic E-state index is 14.8. The summed E-state index contributed by atoms with van der Waals surface area (Å²) in [5.74, 6) is 0.471. The predicted octanol–water partition coefficient (Wildman–Crippen LogP) is 3.28. The van der Waals surface area contributed by atoms with Crippen molar-refractivity contribution in [2.45, 2.75) is 26.2 Å². The van der Waals surface area contributed by atoms with E-state index >= 15 is 0 Å². The maximum atomic E-state index is 14.8. The van der Waals surface area contributed by atoms with Crippen LogP contribution in [0.1, 0.15) is 25.6 Å². The van der Waals surface area contributed by atoms with Crippen molar-refractivity contribution < 1.29 is 18.2 Å². The van der Waals surface area contributed by atoms with Gasteiger partial charge in [0.15, 0.2) is 11.6 Å². The van der Waals surface area contributed by atoms with Crippen LogP contribution in [0, 0.1) is 11.7 Å². The van der Waals surface area contributed by atoms with E-state index in [1.807, 2.05) is 11.8 Å². The molecule has 4 rings (SSSR count). The molecule has 0 spiro atoms. The van der Waals surface area contributed by atoms with Crippen LogP contribution in [0.3, 0.4) is 0 Å². The molecule has 3 aromatic rings. The molecule has 2 aromatic heterocycles. The lowest BCUT2D eigenvalue weighted by Crippen LogP contribution is -2.41. The summed E-state index contributed by atoms with van der Waals surface area (Å²) in [6.07, 6.45) is 3.57. The molecule has 1 N–H and O–H groups in total. The van der Waals surface area contributed by atoms with Crippen LogP contribution in [0.5, 0.6) is 0 Å². The number of carbonyl (C=O) groups is 1. The van der Waals surface area contributed by atoms with E-state index in [0.29, 0.717) is 48.3 Å². The molecule has 28 heavy (non-hydrogen) atoms. The summed E-state index contributed by atoms with van der Waals surface area (Å²) in [6.45, 7) is 3.04. The first kappa shape index (κ1) is 18.1. The highest BCUT2D eigenvalue weighted by Crippen LogP contribution is 2.29. The van der Waals surface area contributed by atoms with Gasteiger partial charge in [-0.3, -0.25) is 4.79 Å². The normalized spacial score (nSPS) is 16.9. The Balaban J connectivity index is 1.48. The predicted molar refractivity (Wildman–Crippen MR) is 99.1 cm³/mol. The summed E-state index contributed by atoms with van der Waals surface area (Å²) < 4.78 is 24.7. The molecule has 3 heterocycles. The van der Waals surface area contributed by atoms with Gasteiger partial charge in [0.25, 0.3) is 5.89 Å². The van der Waals surface area contributed by atoms with E-state index in [9.17, 15) is 9.18 Å². The monoisotopic (exact) mass is 385 g/mol. The van der Waals surface area contributed by atoms with Gasteiger partial charge in [0.2, 0.25) is 5.91 Å². The molecular formula is C19H20FN5O3. The molecule has 9 heteroatoms. The number of anilines is 2. The number of benzene rings is 1. The fourth-order valence-corrected chi connectivity index (χ4v) is 3.33. The highest BCUT2D eigenvalue weighted by molar-refractivity contribution is 5.92. The van der Waals surface area contributed by atoms with E-state index in [1.54, 1.807) is 18.2 Å². The van der Waals surface area contributed by atoms with Crippen molar-refractivity contribution in [3.05, 3.63) is 42.2 Å². The van der Waals surface area contributed by atoms with Crippen LogP contribution in [0.25, 0.3) is 11.5 Å². The van der Waals surface area contributed by atoms with Crippen LogP contribution in [-0.2, 0) is 11.2 Å². The smallest absolute Gasteiger partial charge is 0.258 e. The van der Waals surface area contributed by atoms with Gasteiger partial charge in [0.05, 0.1) is 11.6 Å². The summed E-state index contributed by atoms with van der Waals surface area (Å²) in [6, 6.07) is 6.42. The Kier molecular flexibility index (Phi) is 5.05. The lowest BCUT2D eigenvalue weighted by Gasteiger charge is -2.33. The van der Waals surface area contributed by atoms with Crippen molar-refractivity contribution in [2.24, 2.45) is 5.92 Å². The number of hydrogen-bond acceptors (Lipinski definition) is 7. The number of nitrogens with one attached hydrogen (secondary N) is 1. The van der Waals surface area contributed by atoms with Gasteiger partial charge in [-0.2, -0.15) is 4.98 Å². The molecule has 1 amide bonds. The van der Waals surface area contributed by atoms with Crippen molar-refractivity contribution in [3.63, 3.8) is 0 Å². The average Bonchev–Trinajstić information content (AvgIpc) is 3.40. The Morgan fingerprint density at radius 2 is 2.25 bits per heavy atom. The lowest BCUT2D eigenvalue weighted by molar-refractivity contribution is -0.120. The van der Waals surface area contributed by atoms with E-state index < -0.39 is 0 Å². The number of hydrogen-bond donors (Lipinski definition) is 1. The van der Waals surface area contributed by atoms with Gasteiger partial charge in [-0.15, -0.1) is 0 Å². The minimum atomic E-state index is -0.383. The minimum Gasteiger partial charge on any atom is -0.368 e. The minimum absolute atomic E-state index is 0.145. The molecule has 0 saturated carbocycles. The first-order valence-corrected chi connectivity index (χ1v) is 9.22. The average molecular weight is 385 g/mol. The number of carbonyl (C=O) groups excluding carboxylic acids is 1. The Morgan fingerprint density at radius 1 is 1.36 bits per heavy atom. The van der Waals surface area contributed by atoms with E-state index in [1.165, 1.54) is 12.3 Å². The van der Waals surface area contributed by atoms with Crippen molar-refractivity contribution in [1.29, 1.82) is 0 Å². The standard InChI is InChI=1S/C19H20FN5O3/c1-2-16-22-19(28-24-16)12-5-6-15(14(20)10-12)25-8-3-4-13(11-25)18(26)21-17-7-9-27-23-17/h5-7,9-10,13H,2-4,8,11H2,1H3,(H,21,23,26). The van der Waals surface area contributed by atoms with Gasteiger partial charge in [0, 0.05) is 31.1 Å². The number of nitrogens with zero attached hydrogens (tertiary/aromatic N) is 4. The number of amides is 1. The van der Waals surface area contributed by atoms with Gasteiger partial charge < -0.3 is 19.3 Å². The molecular weight excluding hydrogens is 365 g/mol. The van der Waals surface area contributed by atoms with Gasteiger partial charge in [-0.05, 0) is 31.0 Å². The molecule has 1 aromatic carbocycles. The first-order valence-electron chi connectivity index (χ1n) is 9.22. The molecule has 1 fully saturated rings. The quantitative estimate of drug-likeness (QED) is 0.720. The largest absolute Gasteiger partial charge is 0.368 e. The van der Waals surface area contributed by atoms with Gasteiger partial charge in [-0.1, -0.05) is 17.2 Å². The van der Waals surface area contributed by atoms with E-state index in [0.717, 1.165) is 12.8 Å². The molecule has 146 valence electrons. The summed E-state index contributed by atoms with van der Waals surface area (Å²) in [4.78, 5) is 18.6. The number of aryl methyl sites for hydroxylation is 1. The molecule has 0 bridgehead atoms. The van der Waals surface area contributed by atoms with Crippen LogP contribution >= 0.6 is 0 Å². The van der Waals surface area contributed by atoms with E-state index in [4.69, 9.17) is 9.05 Å². The Bertz CT molecular complexity index is 956. The summed E-state index contributed by atoms with van der Waals surface area (Å²) in [7, 11) is 0. The van der Waals surface area contributed by atoms with Gasteiger partial charge in [0.1, 0.15) is 12.1 Å². The van der Waals surface area contributed by atoms with Gasteiger partial charge >= 0.3 is 0 Å². The summed E-state index contributed by atoms with van der Waals surface area (Å²) in [5, 5.41) is 10.3. The number of halogens is 1. The van der Waals surface area contributed by atoms with Crippen molar-refractivity contribution >= 4 is 17.4 Å². The zero-order valence-electron chi connectivity index (χ0n) is 15.4. The highest BCUT2D eigenvalue weighted by atomic mass is 19.1. The summed E-state index contributed by atoms with van der Waals surface area (Å²) >= 11 is 0. The lowest BCUT2D eigenvalue weighted by atomic mass is 9.96. The third kappa shape index (κ3) is 3.73. The fourth-order valence-electron chi connectivity index (χ4n) is 3.33. The molecule has 8 nitrogen and oxygen atoms in total. The first-order chi connectivity index (χ1) is 13.6.